The molecule has 0 saturated heterocycles. The summed E-state index contributed by atoms with van der Waals surface area (Å²) in [4.78, 5) is 57.7. The summed E-state index contributed by atoms with van der Waals surface area (Å²) in [5.74, 6) is 4.54. The number of thiophene rings is 2. The van der Waals surface area contributed by atoms with Gasteiger partial charge in [0.25, 0.3) is 11.8 Å². The largest absolute Gasteiger partial charge is 0.346 e. The van der Waals surface area contributed by atoms with E-state index in [1.54, 1.807) is 58.9 Å². The Balaban J connectivity index is 1.39. The van der Waals surface area contributed by atoms with Crippen molar-refractivity contribution in [1.29, 1.82) is 0 Å². The fourth-order valence-corrected chi connectivity index (χ4v) is 5.36. The van der Waals surface area contributed by atoms with Gasteiger partial charge in [-0.2, -0.15) is 0 Å². The molecule has 0 aliphatic carbocycles. The lowest BCUT2D eigenvalue weighted by atomic mass is 10.1. The summed E-state index contributed by atoms with van der Waals surface area (Å²) in [6, 6.07) is 7.36. The summed E-state index contributed by atoms with van der Waals surface area (Å²) in [7, 11) is 0. The van der Waals surface area contributed by atoms with E-state index < -0.39 is 11.8 Å². The SMILES string of the molecule is Cc1ccc(C(=O)CN2C=CCC(C(=O)N(N)C(=O)C3=CN(CC(=O)c4ccc(C)s4)C=CC3)=C2)s1. The molecular formula is C26H26N4O4S2. The minimum Gasteiger partial charge on any atom is -0.346 e. The third-order valence-corrected chi connectivity index (χ3v) is 7.67. The van der Waals surface area contributed by atoms with E-state index in [0.29, 0.717) is 38.8 Å². The molecule has 2 amide bonds. The van der Waals surface area contributed by atoms with Crippen LogP contribution in [0.15, 0.2) is 72.4 Å². The van der Waals surface area contributed by atoms with Crippen LogP contribution >= 0.6 is 22.7 Å². The third kappa shape index (κ3) is 5.96. The summed E-state index contributed by atoms with van der Waals surface area (Å²) in [5, 5.41) is 0.598. The van der Waals surface area contributed by atoms with Crippen LogP contribution < -0.4 is 5.84 Å². The van der Waals surface area contributed by atoms with E-state index in [4.69, 9.17) is 5.84 Å². The summed E-state index contributed by atoms with van der Waals surface area (Å²) >= 11 is 2.84. The predicted molar refractivity (Wildman–Crippen MR) is 140 cm³/mol. The lowest BCUT2D eigenvalue weighted by molar-refractivity contribution is -0.140. The molecule has 10 heteroatoms. The molecule has 0 spiro atoms. The fraction of sp³-hybridized carbons (Fsp3) is 0.231. The van der Waals surface area contributed by atoms with Gasteiger partial charge < -0.3 is 9.80 Å². The number of carbonyl (C=O) groups excluding carboxylic acids is 4. The van der Waals surface area contributed by atoms with Gasteiger partial charge in [0.05, 0.1) is 22.8 Å². The Hall–Kier alpha value is -3.60. The summed E-state index contributed by atoms with van der Waals surface area (Å²) in [5.41, 5.74) is 0.603. The molecule has 0 radical (unpaired) electrons. The highest BCUT2D eigenvalue weighted by Crippen LogP contribution is 2.21. The summed E-state index contributed by atoms with van der Waals surface area (Å²) in [6.45, 7) is 4.03. The van der Waals surface area contributed by atoms with Crippen LogP contribution in [0.3, 0.4) is 0 Å². The molecule has 2 N–H and O–H groups in total. The lowest BCUT2D eigenvalue weighted by Gasteiger charge is -2.25. The third-order valence-electron chi connectivity index (χ3n) is 5.58. The zero-order valence-electron chi connectivity index (χ0n) is 20.0. The quantitative estimate of drug-likeness (QED) is 0.184. The molecule has 4 rings (SSSR count). The van der Waals surface area contributed by atoms with Gasteiger partial charge in [-0.05, 0) is 51.0 Å². The number of carbonyl (C=O) groups is 4. The van der Waals surface area contributed by atoms with Gasteiger partial charge in [-0.1, -0.05) is 12.2 Å². The van der Waals surface area contributed by atoms with Crippen LogP contribution in [-0.4, -0.2) is 51.3 Å². The Morgan fingerprint density at radius 1 is 0.778 bits per heavy atom. The van der Waals surface area contributed by atoms with Crippen LogP contribution in [0.1, 0.15) is 41.9 Å². The van der Waals surface area contributed by atoms with Crippen molar-refractivity contribution in [3.8, 4) is 0 Å². The lowest BCUT2D eigenvalue weighted by Crippen LogP contribution is -2.45. The standard InChI is InChI=1S/C26H26N4O4S2/c1-17-7-9-23(35-17)21(31)15-28-11-3-5-19(13-28)25(33)30(27)26(34)20-6-4-12-29(14-20)16-22(32)24-10-8-18(2)36-24/h3-4,7-14H,5-6,15-16,27H2,1-2H3. The second-order valence-corrected chi connectivity index (χ2v) is 11.1. The van der Waals surface area contributed by atoms with Crippen molar-refractivity contribution in [2.75, 3.05) is 13.1 Å². The summed E-state index contributed by atoms with van der Waals surface area (Å²) in [6.07, 6.45) is 10.7. The van der Waals surface area contributed by atoms with Crippen molar-refractivity contribution in [3.63, 3.8) is 0 Å². The molecule has 0 aromatic carbocycles. The van der Waals surface area contributed by atoms with Crippen molar-refractivity contribution in [2.45, 2.75) is 26.7 Å². The molecule has 186 valence electrons. The number of amides is 2. The molecule has 2 aromatic heterocycles. The molecule has 0 atom stereocenters. The number of nitrogens with zero attached hydrogens (tertiary/aromatic N) is 3. The van der Waals surface area contributed by atoms with E-state index in [0.717, 1.165) is 9.75 Å². The van der Waals surface area contributed by atoms with Crippen LogP contribution in [0, 0.1) is 13.8 Å². The number of imide groups is 1. The van der Waals surface area contributed by atoms with Gasteiger partial charge in [0.1, 0.15) is 0 Å². The van der Waals surface area contributed by atoms with E-state index in [1.165, 1.54) is 22.7 Å². The fourth-order valence-electron chi connectivity index (χ4n) is 3.76. The van der Waals surface area contributed by atoms with Gasteiger partial charge in [-0.25, -0.2) is 10.9 Å². The number of ketones is 2. The van der Waals surface area contributed by atoms with Crippen molar-refractivity contribution in [2.24, 2.45) is 5.84 Å². The van der Waals surface area contributed by atoms with E-state index in [-0.39, 0.29) is 24.7 Å². The average molecular weight is 523 g/mol. The topological polar surface area (TPSA) is 104 Å². The molecule has 36 heavy (non-hydrogen) atoms. The molecule has 0 bridgehead atoms. The normalized spacial score (nSPS) is 15.0. The van der Waals surface area contributed by atoms with Crippen LogP contribution in [-0.2, 0) is 9.59 Å². The van der Waals surface area contributed by atoms with Gasteiger partial charge in [0.2, 0.25) is 0 Å². The number of Topliss-reactive ketones (excluding diaryl/α,β-unsaturated/α-hetero) is 2. The minimum atomic E-state index is -0.638. The van der Waals surface area contributed by atoms with Gasteiger partial charge in [0, 0.05) is 45.7 Å². The number of hydrazine groups is 1. The van der Waals surface area contributed by atoms with Crippen LogP contribution in [0.25, 0.3) is 0 Å². The van der Waals surface area contributed by atoms with E-state index >= 15 is 0 Å². The second kappa shape index (κ2) is 11.0. The molecule has 4 heterocycles. The molecule has 2 aliphatic rings. The predicted octanol–water partition coefficient (Wildman–Crippen LogP) is 3.93. The number of nitrogens with two attached hydrogens (primary N) is 1. The number of hydrogen-bond acceptors (Lipinski definition) is 9. The highest BCUT2D eigenvalue weighted by atomic mass is 32.1. The Morgan fingerprint density at radius 3 is 1.56 bits per heavy atom. The van der Waals surface area contributed by atoms with Crippen LogP contribution in [0.4, 0.5) is 0 Å². The molecule has 8 nitrogen and oxygen atoms in total. The monoisotopic (exact) mass is 522 g/mol. The molecule has 2 aromatic rings. The van der Waals surface area contributed by atoms with E-state index in [2.05, 4.69) is 0 Å². The maximum absolute atomic E-state index is 13.0. The first-order chi connectivity index (χ1) is 17.2. The smallest absolute Gasteiger partial charge is 0.272 e. The van der Waals surface area contributed by atoms with Crippen molar-refractivity contribution < 1.29 is 19.2 Å². The maximum atomic E-state index is 13.0. The van der Waals surface area contributed by atoms with Crippen molar-refractivity contribution in [1.82, 2.24) is 14.8 Å². The summed E-state index contributed by atoms with van der Waals surface area (Å²) < 4.78 is 0. The number of rotatable bonds is 8. The Bertz CT molecular complexity index is 1230. The van der Waals surface area contributed by atoms with Crippen molar-refractivity contribution >= 4 is 46.1 Å². The minimum absolute atomic E-state index is 0.0603. The van der Waals surface area contributed by atoms with Gasteiger partial charge in [-0.3, -0.25) is 19.2 Å². The first kappa shape index (κ1) is 25.5. The Kier molecular flexibility index (Phi) is 7.78. The highest BCUT2D eigenvalue weighted by Gasteiger charge is 2.27. The van der Waals surface area contributed by atoms with Gasteiger partial charge in [0.15, 0.2) is 11.6 Å². The van der Waals surface area contributed by atoms with Gasteiger partial charge >= 0.3 is 0 Å². The Labute approximate surface area is 217 Å². The van der Waals surface area contributed by atoms with E-state index in [9.17, 15) is 19.2 Å². The Morgan fingerprint density at radius 2 is 1.19 bits per heavy atom. The molecule has 2 aliphatic heterocycles. The van der Waals surface area contributed by atoms with Crippen LogP contribution in [0.2, 0.25) is 0 Å². The number of aryl methyl sites for hydroxylation is 2. The zero-order valence-corrected chi connectivity index (χ0v) is 21.6. The highest BCUT2D eigenvalue weighted by molar-refractivity contribution is 7.14. The first-order valence-corrected chi connectivity index (χ1v) is 12.9. The molecule has 0 unspecified atom stereocenters. The number of hydrogen-bond donors (Lipinski definition) is 1. The molecule has 0 fully saturated rings. The molecule has 0 saturated carbocycles. The average Bonchev–Trinajstić information content (AvgIpc) is 3.51. The van der Waals surface area contributed by atoms with Crippen LogP contribution in [0.5, 0.6) is 0 Å². The maximum Gasteiger partial charge on any atom is 0.272 e. The first-order valence-electron chi connectivity index (χ1n) is 11.3. The zero-order chi connectivity index (χ0) is 25.8. The second-order valence-electron chi connectivity index (χ2n) is 8.48. The molecular weight excluding hydrogens is 496 g/mol. The number of allylic oxidation sites excluding steroid dienone is 2. The van der Waals surface area contributed by atoms with Gasteiger partial charge in [-0.15, -0.1) is 22.7 Å². The van der Waals surface area contributed by atoms with Crippen molar-refractivity contribution in [3.05, 3.63) is 91.9 Å². The van der Waals surface area contributed by atoms with E-state index in [1.807, 2.05) is 26.0 Å².